The first-order chi connectivity index (χ1) is 27.7. The van der Waals surface area contributed by atoms with Crippen molar-refractivity contribution in [3.8, 4) is 79.0 Å². The summed E-state index contributed by atoms with van der Waals surface area (Å²) in [5.74, 6) is 3.64. The Hall–Kier alpha value is -7.43. The molecule has 4 nitrogen and oxygen atoms in total. The molecule has 9 aromatic rings. The van der Waals surface area contributed by atoms with Crippen molar-refractivity contribution >= 4 is 0 Å². The molecule has 0 radical (unpaired) electrons. The van der Waals surface area contributed by atoms with Crippen LogP contribution in [0.3, 0.4) is 0 Å². The summed E-state index contributed by atoms with van der Waals surface area (Å²) in [7, 11) is 0. The summed E-state index contributed by atoms with van der Waals surface area (Å²) in [6, 6.07) is 70.4. The monoisotopic (exact) mass is 715 g/mol. The first-order valence-corrected chi connectivity index (χ1v) is 18.9. The first-order valence-electron chi connectivity index (χ1n) is 18.9. The number of rotatable bonds is 5. The second-order valence-electron chi connectivity index (χ2n) is 14.3. The lowest BCUT2D eigenvalue weighted by Gasteiger charge is -2.39. The van der Waals surface area contributed by atoms with Crippen LogP contribution in [-0.2, 0) is 5.41 Å². The summed E-state index contributed by atoms with van der Waals surface area (Å²) < 4.78 is 6.61. The van der Waals surface area contributed by atoms with Gasteiger partial charge >= 0.3 is 0 Å². The fraction of sp³-hybridized carbons (Fsp3) is 0.0192. The highest BCUT2D eigenvalue weighted by molar-refractivity contribution is 5.92. The number of ether oxygens (including phenoxy) is 1. The van der Waals surface area contributed by atoms with Crippen LogP contribution in [0.4, 0.5) is 0 Å². The van der Waals surface area contributed by atoms with E-state index < -0.39 is 5.41 Å². The number of aromatic nitrogens is 3. The Balaban J connectivity index is 1.14. The minimum atomic E-state index is -0.589. The van der Waals surface area contributed by atoms with Gasteiger partial charge in [0.1, 0.15) is 11.5 Å². The van der Waals surface area contributed by atoms with Gasteiger partial charge in [-0.05, 0) is 68.8 Å². The van der Waals surface area contributed by atoms with Crippen molar-refractivity contribution in [1.29, 1.82) is 0 Å². The van der Waals surface area contributed by atoms with Crippen LogP contribution >= 0.6 is 0 Å². The molecule has 0 saturated heterocycles. The molecule has 2 aliphatic rings. The summed E-state index contributed by atoms with van der Waals surface area (Å²) >= 11 is 0. The summed E-state index contributed by atoms with van der Waals surface area (Å²) in [6.45, 7) is 0. The van der Waals surface area contributed by atoms with Crippen molar-refractivity contribution in [3.63, 3.8) is 0 Å². The standard InChI is InChI=1S/C52H33N3O/c1-4-14-34(15-5-1)35-24-26-36(27-25-35)39-28-30-43-41(32-39)42-33-40(51-54-49(37-16-6-2-7-17-37)53-50(55-51)38-18-8-3-9-19-38)29-31-44(42)52(43)45-20-10-12-22-47(45)56-48-23-13-11-21-46(48)52/h1-33H. The normalized spacial score (nSPS) is 12.9. The van der Waals surface area contributed by atoms with E-state index in [-0.39, 0.29) is 0 Å². The molecule has 1 aliphatic heterocycles. The van der Waals surface area contributed by atoms with Crippen LogP contribution in [0, 0.1) is 0 Å². The van der Waals surface area contributed by atoms with E-state index in [4.69, 9.17) is 19.7 Å². The van der Waals surface area contributed by atoms with E-state index in [2.05, 4.69) is 140 Å². The molecule has 1 spiro atoms. The lowest BCUT2D eigenvalue weighted by atomic mass is 9.66. The van der Waals surface area contributed by atoms with Gasteiger partial charge in [0.15, 0.2) is 17.5 Å². The molecule has 1 aromatic heterocycles. The molecule has 0 bridgehead atoms. The molecule has 0 N–H and O–H groups in total. The highest BCUT2D eigenvalue weighted by Crippen LogP contribution is 2.62. The van der Waals surface area contributed by atoms with E-state index in [9.17, 15) is 0 Å². The largest absolute Gasteiger partial charge is 0.457 e. The molecular weight excluding hydrogens is 683 g/mol. The van der Waals surface area contributed by atoms with Crippen LogP contribution in [0.5, 0.6) is 11.5 Å². The van der Waals surface area contributed by atoms with E-state index in [1.54, 1.807) is 0 Å². The van der Waals surface area contributed by atoms with Crippen molar-refractivity contribution in [3.05, 3.63) is 222 Å². The fourth-order valence-electron chi connectivity index (χ4n) is 8.65. The van der Waals surface area contributed by atoms with Crippen LogP contribution < -0.4 is 4.74 Å². The van der Waals surface area contributed by atoms with E-state index in [1.165, 1.54) is 27.8 Å². The molecule has 262 valence electrons. The lowest BCUT2D eigenvalue weighted by Crippen LogP contribution is -2.32. The van der Waals surface area contributed by atoms with Gasteiger partial charge in [-0.25, -0.2) is 15.0 Å². The van der Waals surface area contributed by atoms with E-state index in [0.29, 0.717) is 17.5 Å². The van der Waals surface area contributed by atoms with Gasteiger partial charge in [-0.3, -0.25) is 0 Å². The highest BCUT2D eigenvalue weighted by Gasteiger charge is 2.51. The van der Waals surface area contributed by atoms with E-state index in [1.807, 2.05) is 60.7 Å². The minimum Gasteiger partial charge on any atom is -0.457 e. The number of hydrogen-bond acceptors (Lipinski definition) is 4. The third-order valence-electron chi connectivity index (χ3n) is 11.2. The number of para-hydroxylation sites is 2. The summed E-state index contributed by atoms with van der Waals surface area (Å²) in [4.78, 5) is 15.2. The minimum absolute atomic E-state index is 0.589. The maximum absolute atomic E-state index is 6.61. The van der Waals surface area contributed by atoms with Gasteiger partial charge < -0.3 is 4.74 Å². The molecule has 4 heteroatoms. The van der Waals surface area contributed by atoms with E-state index >= 15 is 0 Å². The number of hydrogen-bond donors (Lipinski definition) is 0. The van der Waals surface area contributed by atoms with Gasteiger partial charge in [-0.1, -0.05) is 176 Å². The average Bonchev–Trinajstić information content (AvgIpc) is 3.56. The smallest absolute Gasteiger partial charge is 0.164 e. The molecule has 0 unspecified atom stereocenters. The number of nitrogens with zero attached hydrogens (tertiary/aromatic N) is 3. The van der Waals surface area contributed by atoms with Gasteiger partial charge in [-0.15, -0.1) is 0 Å². The van der Waals surface area contributed by atoms with Crippen LogP contribution in [0.15, 0.2) is 200 Å². The molecule has 1 aliphatic carbocycles. The SMILES string of the molecule is c1ccc(-c2ccc(-c3ccc4c(c3)-c3cc(-c5nc(-c6ccccc6)nc(-c6ccccc6)n5)ccc3C43c4ccccc4Oc4ccccc43)cc2)cc1. The number of benzene rings is 8. The molecule has 0 saturated carbocycles. The van der Waals surface area contributed by atoms with Crippen molar-refractivity contribution in [2.45, 2.75) is 5.41 Å². The second-order valence-corrected chi connectivity index (χ2v) is 14.3. The molecular formula is C52H33N3O. The number of fused-ring (bicyclic) bond motifs is 9. The maximum atomic E-state index is 6.61. The summed E-state index contributed by atoms with van der Waals surface area (Å²) in [6.07, 6.45) is 0. The van der Waals surface area contributed by atoms with Gasteiger partial charge in [-0.2, -0.15) is 0 Å². The van der Waals surface area contributed by atoms with E-state index in [0.717, 1.165) is 56.0 Å². The third kappa shape index (κ3) is 5.04. The molecule has 0 fully saturated rings. The van der Waals surface area contributed by atoms with Crippen molar-refractivity contribution in [2.75, 3.05) is 0 Å². The van der Waals surface area contributed by atoms with Gasteiger partial charge in [0.05, 0.1) is 5.41 Å². The Kier molecular flexibility index (Phi) is 7.36. The Morgan fingerprint density at radius 3 is 1.16 bits per heavy atom. The summed E-state index contributed by atoms with van der Waals surface area (Å²) in [5.41, 5.74) is 14.0. The molecule has 0 atom stereocenters. The van der Waals surface area contributed by atoms with Crippen molar-refractivity contribution in [2.24, 2.45) is 0 Å². The molecule has 56 heavy (non-hydrogen) atoms. The van der Waals surface area contributed by atoms with Crippen LogP contribution in [0.1, 0.15) is 22.3 Å². The first kappa shape index (κ1) is 32.0. The Labute approximate surface area is 325 Å². The molecule has 2 heterocycles. The zero-order valence-corrected chi connectivity index (χ0v) is 30.3. The highest BCUT2D eigenvalue weighted by atomic mass is 16.5. The Morgan fingerprint density at radius 2 is 0.643 bits per heavy atom. The zero-order valence-electron chi connectivity index (χ0n) is 30.3. The fourth-order valence-corrected chi connectivity index (χ4v) is 8.65. The molecule has 11 rings (SSSR count). The predicted octanol–water partition coefficient (Wildman–Crippen LogP) is 12.7. The van der Waals surface area contributed by atoms with Crippen molar-refractivity contribution in [1.82, 2.24) is 15.0 Å². The molecule has 0 amide bonds. The van der Waals surface area contributed by atoms with Gasteiger partial charge in [0.2, 0.25) is 0 Å². The Morgan fingerprint density at radius 1 is 0.286 bits per heavy atom. The van der Waals surface area contributed by atoms with Crippen LogP contribution in [-0.4, -0.2) is 15.0 Å². The quantitative estimate of drug-likeness (QED) is 0.178. The van der Waals surface area contributed by atoms with Gasteiger partial charge in [0, 0.05) is 27.8 Å². The van der Waals surface area contributed by atoms with Crippen molar-refractivity contribution < 1.29 is 4.74 Å². The topological polar surface area (TPSA) is 47.9 Å². The average molecular weight is 716 g/mol. The Bertz CT molecular complexity index is 2820. The second kappa shape index (κ2) is 12.9. The van der Waals surface area contributed by atoms with Crippen LogP contribution in [0.2, 0.25) is 0 Å². The predicted molar refractivity (Wildman–Crippen MR) is 224 cm³/mol. The van der Waals surface area contributed by atoms with Gasteiger partial charge in [0.25, 0.3) is 0 Å². The van der Waals surface area contributed by atoms with Crippen LogP contribution in [0.25, 0.3) is 67.5 Å². The summed E-state index contributed by atoms with van der Waals surface area (Å²) in [5, 5.41) is 0. The zero-order chi connectivity index (χ0) is 37.1. The molecule has 8 aromatic carbocycles. The maximum Gasteiger partial charge on any atom is 0.164 e. The lowest BCUT2D eigenvalue weighted by molar-refractivity contribution is 0.436. The third-order valence-corrected chi connectivity index (χ3v) is 11.2.